The summed E-state index contributed by atoms with van der Waals surface area (Å²) in [7, 11) is 0. The maximum atomic E-state index is 3.79. The number of allylic oxidation sites excluding steroid dienone is 5. The van der Waals surface area contributed by atoms with Crippen LogP contribution in [0.15, 0.2) is 47.0 Å². The maximum Gasteiger partial charge on any atom is 0.0336 e. The molecule has 0 aromatic heterocycles. The Balaban J connectivity index is 2.03. The minimum atomic E-state index is 0.193. The molecule has 0 radical (unpaired) electrons. The molecule has 5 bridgehead atoms. The first-order valence-electron chi connectivity index (χ1n) is 7.03. The van der Waals surface area contributed by atoms with Crippen LogP contribution in [0.2, 0.25) is 0 Å². The quantitative estimate of drug-likeness (QED) is 0.680. The monoisotopic (exact) mass is 240 g/mol. The van der Waals surface area contributed by atoms with Crippen LogP contribution in [0.5, 0.6) is 0 Å². The molecule has 0 saturated carbocycles. The fraction of sp³-hybridized carbons (Fsp3) is 0.500. The van der Waals surface area contributed by atoms with E-state index in [1.54, 1.807) is 11.1 Å². The van der Waals surface area contributed by atoms with E-state index in [-0.39, 0.29) is 5.41 Å². The fourth-order valence-electron chi connectivity index (χ4n) is 4.18. The van der Waals surface area contributed by atoms with Gasteiger partial charge in [-0.3, -0.25) is 0 Å². The summed E-state index contributed by atoms with van der Waals surface area (Å²) < 4.78 is 0. The van der Waals surface area contributed by atoms with Crippen LogP contribution >= 0.6 is 0 Å². The lowest BCUT2D eigenvalue weighted by atomic mass is 9.66. The summed E-state index contributed by atoms with van der Waals surface area (Å²) in [4.78, 5) is 0. The molecular weight excluding hydrogens is 220 g/mol. The zero-order valence-corrected chi connectivity index (χ0v) is 11.1. The summed E-state index contributed by atoms with van der Waals surface area (Å²) in [5.41, 5.74) is 6.46. The molecule has 94 valence electrons. The fourth-order valence-corrected chi connectivity index (χ4v) is 4.18. The third kappa shape index (κ3) is 1.14. The summed E-state index contributed by atoms with van der Waals surface area (Å²) in [6, 6.07) is 0.615. The molecule has 2 N–H and O–H groups in total. The van der Waals surface area contributed by atoms with Crippen LogP contribution in [0.4, 0.5) is 0 Å². The molecule has 2 heteroatoms. The first-order valence-corrected chi connectivity index (χ1v) is 7.03. The van der Waals surface area contributed by atoms with Crippen molar-refractivity contribution in [3.05, 3.63) is 47.0 Å². The van der Waals surface area contributed by atoms with Gasteiger partial charge in [-0.1, -0.05) is 25.5 Å². The predicted molar refractivity (Wildman–Crippen MR) is 73.5 cm³/mol. The van der Waals surface area contributed by atoms with E-state index in [4.69, 9.17) is 0 Å². The predicted octanol–water partition coefficient (Wildman–Crippen LogP) is 2.98. The molecule has 2 heterocycles. The summed E-state index contributed by atoms with van der Waals surface area (Å²) >= 11 is 0. The zero-order valence-electron chi connectivity index (χ0n) is 11.1. The molecule has 0 aromatic rings. The number of hydrogen-bond donors (Lipinski definition) is 2. The molecule has 4 rings (SSSR count). The van der Waals surface area contributed by atoms with E-state index in [0.29, 0.717) is 12.0 Å². The van der Waals surface area contributed by atoms with Gasteiger partial charge in [0.05, 0.1) is 0 Å². The van der Waals surface area contributed by atoms with Crippen molar-refractivity contribution in [2.24, 2.45) is 11.3 Å². The van der Waals surface area contributed by atoms with Crippen molar-refractivity contribution in [2.75, 3.05) is 0 Å². The lowest BCUT2D eigenvalue weighted by molar-refractivity contribution is 0.251. The van der Waals surface area contributed by atoms with Crippen LogP contribution in [0.3, 0.4) is 0 Å². The van der Waals surface area contributed by atoms with Gasteiger partial charge >= 0.3 is 0 Å². The molecule has 3 unspecified atom stereocenters. The third-order valence-electron chi connectivity index (χ3n) is 5.49. The Labute approximate surface area is 109 Å². The standard InChI is InChI=1S/C16H20N2/c1-10-15-9-12-11-5-7-17-8-6-16(10,2)13(11)3-4-14(12)18-15/h5-8,10,15,17-18H,3-4,9H2,1-2H3. The SMILES string of the molecule is CC1C2CC3=C(CCC4=C3C=CNC=CC41C)N2. The second-order valence-electron chi connectivity index (χ2n) is 6.21. The van der Waals surface area contributed by atoms with Crippen LogP contribution < -0.4 is 10.6 Å². The average Bonchev–Trinajstić information content (AvgIpc) is 2.75. The van der Waals surface area contributed by atoms with Crippen molar-refractivity contribution >= 4 is 0 Å². The zero-order chi connectivity index (χ0) is 12.3. The molecule has 3 atom stereocenters. The van der Waals surface area contributed by atoms with Gasteiger partial charge < -0.3 is 10.6 Å². The van der Waals surface area contributed by atoms with Crippen LogP contribution in [0.1, 0.15) is 33.1 Å². The van der Waals surface area contributed by atoms with E-state index in [1.165, 1.54) is 30.5 Å². The highest BCUT2D eigenvalue weighted by molar-refractivity contribution is 5.56. The number of fused-ring (bicyclic) bond motifs is 1. The third-order valence-corrected chi connectivity index (χ3v) is 5.49. The molecule has 2 aliphatic carbocycles. The van der Waals surface area contributed by atoms with Crippen LogP contribution in [0.25, 0.3) is 0 Å². The number of rotatable bonds is 0. The highest BCUT2D eigenvalue weighted by atomic mass is 15.0. The van der Waals surface area contributed by atoms with E-state index in [1.807, 2.05) is 0 Å². The van der Waals surface area contributed by atoms with Crippen molar-refractivity contribution in [1.29, 1.82) is 0 Å². The molecule has 18 heavy (non-hydrogen) atoms. The molecule has 0 saturated heterocycles. The molecule has 2 aliphatic heterocycles. The second-order valence-corrected chi connectivity index (χ2v) is 6.21. The van der Waals surface area contributed by atoms with Gasteiger partial charge in [-0.15, -0.1) is 0 Å². The van der Waals surface area contributed by atoms with Gasteiger partial charge in [0.25, 0.3) is 0 Å². The lowest BCUT2D eigenvalue weighted by Crippen LogP contribution is -2.42. The van der Waals surface area contributed by atoms with Crippen molar-refractivity contribution in [3.8, 4) is 0 Å². The minimum absolute atomic E-state index is 0.193. The largest absolute Gasteiger partial charge is 0.385 e. The minimum Gasteiger partial charge on any atom is -0.385 e. The number of hydrogen-bond acceptors (Lipinski definition) is 2. The van der Waals surface area contributed by atoms with E-state index in [2.05, 4.69) is 49.0 Å². The first-order chi connectivity index (χ1) is 8.70. The molecule has 2 nitrogen and oxygen atoms in total. The molecule has 4 aliphatic rings. The van der Waals surface area contributed by atoms with Gasteiger partial charge in [-0.05, 0) is 48.6 Å². The van der Waals surface area contributed by atoms with Gasteiger partial charge in [0.2, 0.25) is 0 Å². The lowest BCUT2D eigenvalue weighted by Gasteiger charge is -2.42. The van der Waals surface area contributed by atoms with Gasteiger partial charge in [-0.25, -0.2) is 0 Å². The smallest absolute Gasteiger partial charge is 0.0336 e. The van der Waals surface area contributed by atoms with E-state index >= 15 is 0 Å². The van der Waals surface area contributed by atoms with Crippen LogP contribution in [0, 0.1) is 11.3 Å². The highest BCUT2D eigenvalue weighted by Crippen LogP contribution is 2.54. The van der Waals surface area contributed by atoms with Gasteiger partial charge in [0, 0.05) is 23.4 Å². The van der Waals surface area contributed by atoms with E-state index in [9.17, 15) is 0 Å². The normalized spacial score (nSPS) is 40.3. The molecule has 0 aromatic carbocycles. The first kappa shape index (κ1) is 10.5. The summed E-state index contributed by atoms with van der Waals surface area (Å²) in [5, 5.41) is 7.06. The highest BCUT2D eigenvalue weighted by Gasteiger charge is 2.47. The van der Waals surface area contributed by atoms with Gasteiger partial charge in [0.1, 0.15) is 0 Å². The topological polar surface area (TPSA) is 24.1 Å². The Morgan fingerprint density at radius 3 is 3.06 bits per heavy atom. The van der Waals surface area contributed by atoms with E-state index < -0.39 is 0 Å². The second kappa shape index (κ2) is 3.31. The average molecular weight is 240 g/mol. The van der Waals surface area contributed by atoms with Gasteiger partial charge in [-0.2, -0.15) is 0 Å². The Morgan fingerprint density at radius 1 is 1.28 bits per heavy atom. The summed E-state index contributed by atoms with van der Waals surface area (Å²) in [6.45, 7) is 4.82. The Morgan fingerprint density at radius 2 is 2.17 bits per heavy atom. The Bertz CT molecular complexity index is 535. The summed E-state index contributed by atoms with van der Waals surface area (Å²) in [5.74, 6) is 0.641. The molecule has 0 amide bonds. The van der Waals surface area contributed by atoms with Crippen LogP contribution in [-0.2, 0) is 0 Å². The van der Waals surface area contributed by atoms with Crippen molar-refractivity contribution in [1.82, 2.24) is 10.6 Å². The van der Waals surface area contributed by atoms with Crippen molar-refractivity contribution < 1.29 is 0 Å². The van der Waals surface area contributed by atoms with Crippen molar-refractivity contribution in [2.45, 2.75) is 39.2 Å². The maximum absolute atomic E-state index is 3.79. The van der Waals surface area contributed by atoms with Crippen LogP contribution in [-0.4, -0.2) is 6.04 Å². The van der Waals surface area contributed by atoms with Crippen molar-refractivity contribution in [3.63, 3.8) is 0 Å². The summed E-state index contributed by atoms with van der Waals surface area (Å²) in [6.07, 6.45) is 12.5. The molecule has 0 fully saturated rings. The number of nitrogens with one attached hydrogen (secondary N) is 2. The molecular formula is C16H20N2. The Kier molecular flexibility index (Phi) is 1.93. The van der Waals surface area contributed by atoms with Gasteiger partial charge in [0.15, 0.2) is 0 Å². The van der Waals surface area contributed by atoms with E-state index in [0.717, 1.165) is 0 Å². The Hall–Kier alpha value is -1.44. The molecule has 0 spiro atoms.